The van der Waals surface area contributed by atoms with E-state index in [-0.39, 0.29) is 17.8 Å². The quantitative estimate of drug-likeness (QED) is 0.579. The van der Waals surface area contributed by atoms with Crippen LogP contribution in [0.15, 0.2) is 83.9 Å². The maximum atomic E-state index is 13.9. The Labute approximate surface area is 178 Å². The zero-order chi connectivity index (χ0) is 21.3. The lowest BCUT2D eigenvalue weighted by atomic mass is 10.1. The number of hydrogen-bond acceptors (Lipinski definition) is 4. The first kappa shape index (κ1) is 20.1. The van der Waals surface area contributed by atoms with Crippen LogP contribution in [0.3, 0.4) is 0 Å². The van der Waals surface area contributed by atoms with Gasteiger partial charge in [0.2, 0.25) is 5.78 Å². The average Bonchev–Trinajstić information content (AvgIpc) is 2.73. The Morgan fingerprint density at radius 1 is 0.967 bits per heavy atom. The summed E-state index contributed by atoms with van der Waals surface area (Å²) in [6, 6.07) is 19.1. The number of nitrogens with one attached hydrogen (secondary N) is 1. The minimum Gasteiger partial charge on any atom is -0.358 e. The lowest BCUT2D eigenvalue weighted by molar-refractivity contribution is 0.104. The smallest absolute Gasteiger partial charge is 0.270 e. The zero-order valence-corrected chi connectivity index (χ0v) is 17.1. The molecule has 0 aromatic heterocycles. The van der Waals surface area contributed by atoms with Crippen LogP contribution < -0.4 is 9.62 Å². The van der Waals surface area contributed by atoms with Crippen LogP contribution in [0, 0.1) is 5.82 Å². The molecule has 5 nitrogen and oxygen atoms in total. The van der Waals surface area contributed by atoms with Crippen molar-refractivity contribution in [2.24, 2.45) is 0 Å². The summed E-state index contributed by atoms with van der Waals surface area (Å²) in [7, 11) is -4.19. The molecule has 0 radical (unpaired) electrons. The van der Waals surface area contributed by atoms with Crippen molar-refractivity contribution in [2.45, 2.75) is 6.54 Å². The van der Waals surface area contributed by atoms with Crippen molar-refractivity contribution in [3.05, 3.63) is 106 Å². The molecule has 0 saturated carbocycles. The lowest BCUT2D eigenvalue weighted by Crippen LogP contribution is -2.39. The Bertz CT molecular complexity index is 1260. The molecule has 0 bridgehead atoms. The second-order valence-corrected chi connectivity index (χ2v) is 8.88. The molecular formula is C22H16ClFN2O3S. The van der Waals surface area contributed by atoms with E-state index in [1.807, 2.05) is 0 Å². The van der Waals surface area contributed by atoms with Crippen molar-refractivity contribution in [1.82, 2.24) is 0 Å². The van der Waals surface area contributed by atoms with E-state index in [2.05, 4.69) is 5.32 Å². The summed E-state index contributed by atoms with van der Waals surface area (Å²) < 4.78 is 41.8. The molecule has 0 fully saturated rings. The van der Waals surface area contributed by atoms with Gasteiger partial charge in [-0.2, -0.15) is 0 Å². The Morgan fingerprint density at radius 3 is 2.37 bits per heavy atom. The molecule has 1 aliphatic heterocycles. The fourth-order valence-corrected chi connectivity index (χ4v) is 4.82. The number of anilines is 2. The van der Waals surface area contributed by atoms with Gasteiger partial charge in [-0.3, -0.25) is 9.10 Å². The largest absolute Gasteiger partial charge is 0.358 e. The third kappa shape index (κ3) is 3.69. The van der Waals surface area contributed by atoms with Gasteiger partial charge < -0.3 is 5.32 Å². The first-order valence-electron chi connectivity index (χ1n) is 9.00. The van der Waals surface area contributed by atoms with Gasteiger partial charge >= 0.3 is 0 Å². The number of rotatable bonds is 4. The predicted molar refractivity (Wildman–Crippen MR) is 115 cm³/mol. The fourth-order valence-electron chi connectivity index (χ4n) is 3.17. The fraction of sp³-hybridized carbons (Fsp3) is 0.0455. The van der Waals surface area contributed by atoms with Crippen LogP contribution in [0.2, 0.25) is 5.02 Å². The van der Waals surface area contributed by atoms with Crippen molar-refractivity contribution >= 4 is 38.8 Å². The van der Waals surface area contributed by atoms with Gasteiger partial charge in [-0.1, -0.05) is 48.0 Å². The van der Waals surface area contributed by atoms with Crippen LogP contribution in [0.25, 0.3) is 0 Å². The van der Waals surface area contributed by atoms with E-state index in [1.54, 1.807) is 54.6 Å². The molecule has 0 amide bonds. The van der Waals surface area contributed by atoms with Crippen molar-refractivity contribution in [1.29, 1.82) is 0 Å². The predicted octanol–water partition coefficient (Wildman–Crippen LogP) is 4.97. The maximum Gasteiger partial charge on any atom is 0.270 e. The standard InChI is InChI=1S/C22H16ClFN2O3S/c23-16-11-9-15(10-12-16)14-26-20-8-4-1-5-17(20)22(27)21(30(26,28)29)13-25-19-7-3-2-6-18(19)24/h1-13,25H,14H2/b21-13+. The third-order valence-electron chi connectivity index (χ3n) is 4.68. The van der Waals surface area contributed by atoms with Gasteiger partial charge in [0, 0.05) is 16.8 Å². The van der Waals surface area contributed by atoms with E-state index in [0.29, 0.717) is 16.3 Å². The summed E-state index contributed by atoms with van der Waals surface area (Å²) in [5.41, 5.74) is 1.31. The second-order valence-electron chi connectivity index (χ2n) is 6.62. The number of fused-ring (bicyclic) bond motifs is 1. The van der Waals surface area contributed by atoms with E-state index in [4.69, 9.17) is 11.6 Å². The van der Waals surface area contributed by atoms with Crippen LogP contribution in [0.4, 0.5) is 15.8 Å². The van der Waals surface area contributed by atoms with E-state index in [9.17, 15) is 17.6 Å². The van der Waals surface area contributed by atoms with Gasteiger partial charge in [0.25, 0.3) is 10.0 Å². The van der Waals surface area contributed by atoms with Gasteiger partial charge in [-0.25, -0.2) is 12.8 Å². The monoisotopic (exact) mass is 442 g/mol. The number of nitrogens with zero attached hydrogens (tertiary/aromatic N) is 1. The molecule has 3 aromatic carbocycles. The number of halogens is 2. The van der Waals surface area contributed by atoms with Crippen LogP contribution in [0.5, 0.6) is 0 Å². The topological polar surface area (TPSA) is 66.5 Å². The third-order valence-corrected chi connectivity index (χ3v) is 6.70. The maximum absolute atomic E-state index is 13.9. The SMILES string of the molecule is O=C1/C(=C\Nc2ccccc2F)S(=O)(=O)N(Cc2ccc(Cl)cc2)c2ccccc21. The first-order chi connectivity index (χ1) is 14.4. The molecule has 152 valence electrons. The molecule has 30 heavy (non-hydrogen) atoms. The van der Waals surface area contributed by atoms with Crippen molar-refractivity contribution < 1.29 is 17.6 Å². The summed E-state index contributed by atoms with van der Waals surface area (Å²) in [6.45, 7) is 0.0147. The number of carbonyl (C=O) groups excluding carboxylic acids is 1. The minimum absolute atomic E-state index is 0.0147. The van der Waals surface area contributed by atoms with Crippen LogP contribution in [-0.4, -0.2) is 14.2 Å². The van der Waals surface area contributed by atoms with Gasteiger partial charge in [0.1, 0.15) is 5.82 Å². The normalized spacial score (nSPS) is 16.4. The Morgan fingerprint density at radius 2 is 1.63 bits per heavy atom. The number of hydrogen-bond donors (Lipinski definition) is 1. The molecule has 0 saturated heterocycles. The zero-order valence-electron chi connectivity index (χ0n) is 15.5. The van der Waals surface area contributed by atoms with Crippen LogP contribution in [0.1, 0.15) is 15.9 Å². The molecular weight excluding hydrogens is 427 g/mol. The number of carbonyl (C=O) groups is 1. The second kappa shape index (κ2) is 7.93. The summed E-state index contributed by atoms with van der Waals surface area (Å²) >= 11 is 5.92. The van der Waals surface area contributed by atoms with E-state index >= 15 is 0 Å². The number of ketones is 1. The highest BCUT2D eigenvalue weighted by molar-refractivity contribution is 7.97. The van der Waals surface area contributed by atoms with Gasteiger partial charge in [-0.15, -0.1) is 0 Å². The molecule has 1 aliphatic rings. The highest BCUT2D eigenvalue weighted by Gasteiger charge is 2.40. The lowest BCUT2D eigenvalue weighted by Gasteiger charge is -2.31. The molecule has 0 aliphatic carbocycles. The molecule has 0 atom stereocenters. The molecule has 8 heteroatoms. The summed E-state index contributed by atoms with van der Waals surface area (Å²) in [5.74, 6) is -1.21. The molecule has 4 rings (SSSR count). The summed E-state index contributed by atoms with van der Waals surface area (Å²) in [4.78, 5) is 12.5. The highest BCUT2D eigenvalue weighted by atomic mass is 35.5. The van der Waals surface area contributed by atoms with Crippen molar-refractivity contribution in [3.63, 3.8) is 0 Å². The highest BCUT2D eigenvalue weighted by Crippen LogP contribution is 2.36. The van der Waals surface area contributed by atoms with Gasteiger partial charge in [0.15, 0.2) is 4.91 Å². The Hall–Kier alpha value is -3.16. The molecule has 3 aromatic rings. The first-order valence-corrected chi connectivity index (χ1v) is 10.8. The van der Waals surface area contributed by atoms with E-state index in [0.717, 1.165) is 6.20 Å². The minimum atomic E-state index is -4.19. The average molecular weight is 443 g/mol. The van der Waals surface area contributed by atoms with Crippen molar-refractivity contribution in [3.8, 4) is 0 Å². The number of Topliss-reactive ketones (excluding diaryl/α,β-unsaturated/α-hetero) is 1. The van der Waals surface area contributed by atoms with Crippen LogP contribution >= 0.6 is 11.6 Å². The van der Waals surface area contributed by atoms with Crippen molar-refractivity contribution in [2.75, 3.05) is 9.62 Å². The Balaban J connectivity index is 1.79. The number of allylic oxidation sites excluding steroid dienone is 1. The van der Waals surface area contributed by atoms with Gasteiger partial charge in [0.05, 0.1) is 17.9 Å². The molecule has 0 unspecified atom stereocenters. The van der Waals surface area contributed by atoms with Crippen LogP contribution in [-0.2, 0) is 16.6 Å². The number of sulfonamides is 1. The summed E-state index contributed by atoms with van der Waals surface area (Å²) in [5, 5.41) is 3.14. The van der Waals surface area contributed by atoms with Gasteiger partial charge in [-0.05, 0) is 42.0 Å². The number of para-hydroxylation sites is 2. The summed E-state index contributed by atoms with van der Waals surface area (Å²) in [6.07, 6.45) is 1.04. The Kier molecular flexibility index (Phi) is 5.32. The molecule has 1 N–H and O–H groups in total. The molecule has 1 heterocycles. The van der Waals surface area contributed by atoms with E-state index < -0.39 is 26.5 Å². The van der Waals surface area contributed by atoms with E-state index in [1.165, 1.54) is 22.5 Å². The molecule has 0 spiro atoms. The number of benzene rings is 3.